The number of nitrogens with one attached hydrogen (secondary N) is 2. The number of ether oxygens (including phenoxy) is 2. The molecule has 24 heteroatoms. The average molecular weight is 1490 g/mol. The Morgan fingerprint density at radius 3 is 1.47 bits per heavy atom. The maximum absolute atomic E-state index is 11.8. The maximum Gasteiger partial charge on any atom is 0.405 e. The van der Waals surface area contributed by atoms with Gasteiger partial charge in [0.15, 0.2) is 0 Å². The Labute approximate surface area is 617 Å². The van der Waals surface area contributed by atoms with Crippen LogP contribution in [-0.2, 0) is 56.6 Å². The van der Waals surface area contributed by atoms with Crippen LogP contribution in [0.4, 0.5) is 26.3 Å². The molecule has 4 amide bonds. The molecule has 1 aromatic heterocycles. The number of halogens is 6. The Morgan fingerprint density at radius 2 is 1.12 bits per heavy atom. The van der Waals surface area contributed by atoms with Crippen molar-refractivity contribution in [3.05, 3.63) is 136 Å². The number of benzene rings is 3. The van der Waals surface area contributed by atoms with Crippen LogP contribution in [-0.4, -0.2) is 170 Å². The number of imide groups is 1. The second-order valence-electron chi connectivity index (χ2n) is 29.5. The number of alkyl halides is 6. The maximum atomic E-state index is 11.8. The molecule has 0 radical (unpaired) electrons. The molecule has 3 aromatic carbocycles. The highest BCUT2D eigenvalue weighted by atomic mass is 32.2. The van der Waals surface area contributed by atoms with Gasteiger partial charge in [-0.15, -0.1) is 0 Å². The standard InChI is InChI=1S/2C13H18O.C10H18.C9H7NO2.C8H14F3NO4S.C7H12F3NO2.C7H10N2.C7H12.C6H14N2/c2*1-10-4-3-5-11-9-13(14-2)7-6-12(11)8-10;1-7-4-5-8-6-9(7)10(8,2)3;1-10-8(11)6-4-2-3-5-7(6)9(10)12;1-6(3-4-16-17(2,14)15)7(13)12-5-8(9,10)11;1-5(2-3-12)6(13)11-4-7(8,9)10;1-8-7-5-3-4-6-9(7)2;1-7-5-3-2-4-6-7;1-7-3-5-8(2)6-4-7/h2*6-7,9-10H,3-5,8H2,1-2H3;7-9H,4-6H2,1-3H3;2-5H,1H3;6H,3-5H2,1-2H3,(H,12,13);5,12H,2-4H2,1H3,(H,11,13);3-6H,1-2H3;2-3,7H,4-6H2,1H3;3-6H2,1-2H3/t2*10-;;;;;;;/m10......./s1. The molecule has 8 atom stereocenters. The van der Waals surface area contributed by atoms with Crippen molar-refractivity contribution in [1.29, 1.82) is 0 Å². The number of nitrogens with zero attached hydrogens (tertiary/aromatic N) is 5. The van der Waals surface area contributed by atoms with Crippen molar-refractivity contribution < 1.29 is 72.7 Å². The fourth-order valence-corrected chi connectivity index (χ4v) is 13.6. The summed E-state index contributed by atoms with van der Waals surface area (Å²) < 4.78 is 108. The number of rotatable bonds is 12. The molecular weight excluding hydrogens is 1360 g/mol. The first-order valence-electron chi connectivity index (χ1n) is 36.8. The van der Waals surface area contributed by atoms with E-state index in [0.717, 1.165) is 63.6 Å². The second kappa shape index (κ2) is 45.8. The number of piperazine rings is 1. The lowest BCUT2D eigenvalue weighted by Gasteiger charge is -2.59. The first-order valence-corrected chi connectivity index (χ1v) is 38.6. The van der Waals surface area contributed by atoms with Gasteiger partial charge in [0.05, 0.1) is 38.2 Å². The average Bonchev–Trinajstić information content (AvgIpc) is 0.940. The minimum Gasteiger partial charge on any atom is -0.497 e. The van der Waals surface area contributed by atoms with Crippen molar-refractivity contribution in [3.8, 4) is 11.5 Å². The normalized spacial score (nSPS) is 21.5. The van der Waals surface area contributed by atoms with Crippen LogP contribution in [0.2, 0.25) is 0 Å². The van der Waals surface area contributed by atoms with Crippen LogP contribution in [0.5, 0.6) is 11.5 Å². The van der Waals surface area contributed by atoms with E-state index in [9.17, 15) is 53.9 Å². The molecular formula is C80H123F6N7O10S. The number of amides is 4. The smallest absolute Gasteiger partial charge is 0.405 e. The minimum absolute atomic E-state index is 0.0246. The molecule has 2 bridgehead atoms. The van der Waals surface area contributed by atoms with Crippen molar-refractivity contribution in [3.63, 3.8) is 0 Å². The number of aliphatic hydroxyl groups is 1. The van der Waals surface area contributed by atoms with Gasteiger partial charge in [0, 0.05) is 72.0 Å². The number of fused-ring (bicyclic) bond motifs is 5. The quantitative estimate of drug-likeness (QED) is 0.0399. The third-order valence-electron chi connectivity index (χ3n) is 20.2. The van der Waals surface area contributed by atoms with Crippen molar-refractivity contribution in [2.24, 2.45) is 64.8 Å². The molecule has 12 rings (SSSR count). The van der Waals surface area contributed by atoms with E-state index in [2.05, 4.69) is 123 Å². The lowest BCUT2D eigenvalue weighted by atomic mass is 9.46. The van der Waals surface area contributed by atoms with Crippen LogP contribution < -0.4 is 25.6 Å². The molecule has 6 aliphatic carbocycles. The number of likely N-dealkylation sites (N-methyl/N-ethyl adjacent to an activating group) is 2. The van der Waals surface area contributed by atoms with E-state index in [1.165, 1.54) is 159 Å². The zero-order valence-corrected chi connectivity index (χ0v) is 65.7. The van der Waals surface area contributed by atoms with Gasteiger partial charge >= 0.3 is 12.4 Å². The summed E-state index contributed by atoms with van der Waals surface area (Å²) in [5.41, 5.74) is 8.75. The summed E-state index contributed by atoms with van der Waals surface area (Å²) in [6, 6.07) is 25.8. The largest absolute Gasteiger partial charge is 0.497 e. The third kappa shape index (κ3) is 34.8. The van der Waals surface area contributed by atoms with Crippen molar-refractivity contribution in [2.45, 2.75) is 170 Å². The summed E-state index contributed by atoms with van der Waals surface area (Å²) in [4.78, 5) is 54.5. The number of pyridine rings is 1. The summed E-state index contributed by atoms with van der Waals surface area (Å²) in [5, 5.41) is 11.8. The molecule has 3 N–H and O–H groups in total. The summed E-state index contributed by atoms with van der Waals surface area (Å²) in [6.07, 6.45) is 17.6. The number of methoxy groups -OCH3 is 2. The zero-order chi connectivity index (χ0) is 78.0. The number of aryl methyl sites for hydroxylation is 3. The minimum atomic E-state index is -4.46. The second-order valence-corrected chi connectivity index (χ2v) is 31.1. The Kier molecular flexibility index (Phi) is 40.3. The lowest BCUT2D eigenvalue weighted by Crippen LogP contribution is -2.51. The Bertz CT molecular complexity index is 3330. The Balaban J connectivity index is 0.000000307. The number of hydrogen-bond acceptors (Lipinski definition) is 13. The Hall–Kier alpha value is -6.60. The van der Waals surface area contributed by atoms with E-state index in [1.54, 1.807) is 56.2 Å². The van der Waals surface area contributed by atoms with Crippen LogP contribution in [0.3, 0.4) is 0 Å². The van der Waals surface area contributed by atoms with Gasteiger partial charge in [0.2, 0.25) is 11.8 Å². The summed E-state index contributed by atoms with van der Waals surface area (Å²) >= 11 is 0. The fraction of sp³-hybridized carbons (Fsp3) is 0.637. The van der Waals surface area contributed by atoms with Crippen LogP contribution in [0, 0.1) is 52.8 Å². The zero-order valence-electron chi connectivity index (χ0n) is 64.9. The summed E-state index contributed by atoms with van der Waals surface area (Å²) in [7, 11) is 9.48. The summed E-state index contributed by atoms with van der Waals surface area (Å²) in [5.74, 6) is 4.53. The summed E-state index contributed by atoms with van der Waals surface area (Å²) in [6.45, 7) is 19.0. The number of carbonyl (C=O) groups is 4. The van der Waals surface area contributed by atoms with E-state index < -0.39 is 59.2 Å². The number of aromatic nitrogens is 1. The van der Waals surface area contributed by atoms with Crippen LogP contribution in [0.1, 0.15) is 175 Å². The fourth-order valence-electron chi connectivity index (χ4n) is 13.2. The molecule has 8 aliphatic rings. The molecule has 104 heavy (non-hydrogen) atoms. The molecule has 586 valence electrons. The topological polar surface area (TPSA) is 201 Å². The predicted octanol–water partition coefficient (Wildman–Crippen LogP) is 14.5. The highest BCUT2D eigenvalue weighted by Gasteiger charge is 2.52. The molecule has 4 fully saturated rings. The van der Waals surface area contributed by atoms with E-state index >= 15 is 0 Å². The van der Waals surface area contributed by atoms with E-state index in [1.807, 2.05) is 36.0 Å². The molecule has 6 unspecified atom stereocenters. The molecule has 3 saturated carbocycles. The SMILES string of the molecule is CC(CCO)C(=O)NCC(F)(F)F.CC(CCOS(C)(=O)=O)C(=O)NCC(F)(F)F.CC1CC=CCC1.CC1CCC2CC1C2(C)C.CN1C(=O)c2ccccc2C1=O.CN1CCN(C)CC1.CN=c1ccccn1C.COc1ccc2c(c1)CCC[C@@H](C)C2.COc1ccc2c(c1)CCC[C@H](C)C2. The van der Waals surface area contributed by atoms with Crippen molar-refractivity contribution in [1.82, 2.24) is 29.9 Å². The Morgan fingerprint density at radius 1 is 0.654 bits per heavy atom. The lowest BCUT2D eigenvalue weighted by molar-refractivity contribution is -0.140. The van der Waals surface area contributed by atoms with Gasteiger partial charge in [-0.2, -0.15) is 34.8 Å². The highest BCUT2D eigenvalue weighted by Crippen LogP contribution is 2.61. The molecule has 1 saturated heterocycles. The van der Waals surface area contributed by atoms with Crippen LogP contribution >= 0.6 is 0 Å². The first-order chi connectivity index (χ1) is 48.8. The van der Waals surface area contributed by atoms with Gasteiger partial charge in [-0.25, -0.2) is 0 Å². The van der Waals surface area contributed by atoms with Gasteiger partial charge in [0.25, 0.3) is 21.9 Å². The molecule has 17 nitrogen and oxygen atoms in total. The molecule has 2 aliphatic heterocycles. The number of hydrogen-bond donors (Lipinski definition) is 3. The van der Waals surface area contributed by atoms with Gasteiger partial charge in [0.1, 0.15) is 30.1 Å². The van der Waals surface area contributed by atoms with Gasteiger partial charge in [-0.3, -0.25) is 33.3 Å². The number of allylic oxidation sites excluding steroid dienone is 2. The van der Waals surface area contributed by atoms with E-state index in [4.69, 9.17) is 14.6 Å². The van der Waals surface area contributed by atoms with Gasteiger partial charge in [-0.1, -0.05) is 117 Å². The predicted molar refractivity (Wildman–Crippen MR) is 402 cm³/mol. The van der Waals surface area contributed by atoms with Crippen LogP contribution in [0.15, 0.2) is 102 Å². The van der Waals surface area contributed by atoms with Gasteiger partial charge < -0.3 is 39.6 Å². The first kappa shape index (κ1) is 91.6. The van der Waals surface area contributed by atoms with Crippen LogP contribution in [0.25, 0.3) is 0 Å². The van der Waals surface area contributed by atoms with Gasteiger partial charge in [-0.05, 0) is 209 Å². The highest BCUT2D eigenvalue weighted by molar-refractivity contribution is 7.86. The van der Waals surface area contributed by atoms with Crippen molar-refractivity contribution in [2.75, 3.05) is 101 Å². The van der Waals surface area contributed by atoms with E-state index in [0.29, 0.717) is 16.5 Å². The molecule has 4 aromatic rings. The third-order valence-corrected chi connectivity index (χ3v) is 20.8. The molecule has 3 heterocycles. The van der Waals surface area contributed by atoms with E-state index in [-0.39, 0.29) is 37.9 Å². The monoisotopic (exact) mass is 1490 g/mol. The van der Waals surface area contributed by atoms with Crippen molar-refractivity contribution >= 4 is 33.7 Å². The number of aliphatic hydroxyl groups excluding tert-OH is 1. The number of carbonyl (C=O) groups excluding carboxylic acids is 4. The molecule has 0 spiro atoms.